The van der Waals surface area contributed by atoms with Crippen molar-refractivity contribution in [2.75, 3.05) is 20.2 Å². The number of nitrogens with one attached hydrogen (secondary N) is 3. The summed E-state index contributed by atoms with van der Waals surface area (Å²) in [5.41, 5.74) is 4.08. The molecule has 1 heterocycles. The maximum atomic E-state index is 12.2. The number of amides is 2. The van der Waals surface area contributed by atoms with E-state index in [1.165, 1.54) is 0 Å². The largest absolute Gasteiger partial charge is 0.497 e. The van der Waals surface area contributed by atoms with Gasteiger partial charge in [0, 0.05) is 23.0 Å². The molecule has 0 fully saturated rings. The first-order valence-electron chi connectivity index (χ1n) is 9.33. The van der Waals surface area contributed by atoms with Crippen LogP contribution in [0, 0.1) is 12.3 Å². The van der Waals surface area contributed by atoms with Crippen molar-refractivity contribution in [3.63, 3.8) is 0 Å². The third-order valence-electron chi connectivity index (χ3n) is 4.63. The molecule has 0 bridgehead atoms. The molecule has 1 aromatic heterocycles. The zero-order valence-corrected chi connectivity index (χ0v) is 16.2. The van der Waals surface area contributed by atoms with Crippen LogP contribution in [0.25, 0.3) is 22.2 Å². The Morgan fingerprint density at radius 2 is 1.83 bits per heavy atom. The van der Waals surface area contributed by atoms with Crippen LogP contribution in [0.4, 0.5) is 0 Å². The predicted molar refractivity (Wildman–Crippen MR) is 113 cm³/mol. The molecule has 29 heavy (non-hydrogen) atoms. The molecule has 2 aromatic carbocycles. The highest BCUT2D eigenvalue weighted by Crippen LogP contribution is 2.32. The monoisotopic (exact) mass is 389 g/mol. The summed E-state index contributed by atoms with van der Waals surface area (Å²) in [6.45, 7) is 0.0645. The lowest BCUT2D eigenvalue weighted by Crippen LogP contribution is -2.37. The van der Waals surface area contributed by atoms with E-state index in [0.29, 0.717) is 6.42 Å². The molecular weight excluding hydrogens is 366 g/mol. The summed E-state index contributed by atoms with van der Waals surface area (Å²) in [7, 11) is 1.63. The third-order valence-corrected chi connectivity index (χ3v) is 4.63. The average Bonchev–Trinajstić information content (AvgIpc) is 3.13. The second-order valence-corrected chi connectivity index (χ2v) is 6.51. The Bertz CT molecular complexity index is 1050. The number of benzene rings is 2. The number of carbonyl (C=O) groups excluding carboxylic acids is 2. The summed E-state index contributed by atoms with van der Waals surface area (Å²) < 4.78 is 5.24. The number of rotatable bonds is 8. The van der Waals surface area contributed by atoms with E-state index in [0.717, 1.165) is 33.5 Å². The fourth-order valence-electron chi connectivity index (χ4n) is 3.18. The van der Waals surface area contributed by atoms with Crippen molar-refractivity contribution < 1.29 is 14.3 Å². The molecule has 0 saturated heterocycles. The van der Waals surface area contributed by atoms with Gasteiger partial charge in [0.1, 0.15) is 5.75 Å². The van der Waals surface area contributed by atoms with Gasteiger partial charge in [0.05, 0.1) is 20.2 Å². The number of terminal acetylenes is 1. The molecule has 0 radical (unpaired) electrons. The molecule has 148 valence electrons. The standard InChI is InChI=1S/C23H23N3O3/c1-3-14-24-22(28)15-25-21(27)13-12-19-18-6-4-5-7-20(18)26-23(19)16-8-10-17(29-2)11-9-16/h1,4-11,26H,12-15H2,2H3,(H,24,28)(H,25,27). The number of aromatic amines is 1. The zero-order chi connectivity index (χ0) is 20.6. The van der Waals surface area contributed by atoms with Crippen molar-refractivity contribution in [1.82, 2.24) is 15.6 Å². The van der Waals surface area contributed by atoms with Crippen molar-refractivity contribution in [1.29, 1.82) is 0 Å². The van der Waals surface area contributed by atoms with Crippen LogP contribution in [0.15, 0.2) is 48.5 Å². The maximum Gasteiger partial charge on any atom is 0.240 e. The second-order valence-electron chi connectivity index (χ2n) is 6.51. The van der Waals surface area contributed by atoms with Gasteiger partial charge in [-0.25, -0.2) is 0 Å². The number of carbonyl (C=O) groups is 2. The fraction of sp³-hybridized carbons (Fsp3) is 0.217. The zero-order valence-electron chi connectivity index (χ0n) is 16.2. The van der Waals surface area contributed by atoms with E-state index in [1.54, 1.807) is 7.11 Å². The number of ether oxygens (including phenoxy) is 1. The molecule has 0 aliphatic heterocycles. The molecule has 0 spiro atoms. The van der Waals surface area contributed by atoms with Gasteiger partial charge in [-0.15, -0.1) is 6.42 Å². The van der Waals surface area contributed by atoms with Gasteiger partial charge in [-0.1, -0.05) is 24.1 Å². The van der Waals surface area contributed by atoms with Crippen LogP contribution in [0.1, 0.15) is 12.0 Å². The molecule has 3 aromatic rings. The molecule has 0 aliphatic carbocycles. The summed E-state index contributed by atoms with van der Waals surface area (Å²) in [5.74, 6) is 2.61. The Hall–Kier alpha value is -3.72. The third kappa shape index (κ3) is 4.96. The van der Waals surface area contributed by atoms with Crippen molar-refractivity contribution in [3.8, 4) is 29.4 Å². The van der Waals surface area contributed by atoms with Crippen LogP contribution < -0.4 is 15.4 Å². The average molecular weight is 389 g/mol. The Morgan fingerprint density at radius 1 is 1.07 bits per heavy atom. The SMILES string of the molecule is C#CCNC(=O)CNC(=O)CCc1c(-c2ccc(OC)cc2)[nH]c2ccccc12. The van der Waals surface area contributed by atoms with Crippen molar-refractivity contribution in [2.45, 2.75) is 12.8 Å². The molecule has 0 saturated carbocycles. The van der Waals surface area contributed by atoms with Gasteiger partial charge >= 0.3 is 0 Å². The number of fused-ring (bicyclic) bond motifs is 1. The first kappa shape index (κ1) is 20.0. The minimum atomic E-state index is -0.303. The van der Waals surface area contributed by atoms with Crippen molar-refractivity contribution in [3.05, 3.63) is 54.1 Å². The summed E-state index contributed by atoms with van der Waals surface area (Å²) in [4.78, 5) is 27.3. The smallest absolute Gasteiger partial charge is 0.240 e. The topological polar surface area (TPSA) is 83.2 Å². The van der Waals surface area contributed by atoms with Crippen LogP contribution >= 0.6 is 0 Å². The van der Waals surface area contributed by atoms with E-state index < -0.39 is 0 Å². The van der Waals surface area contributed by atoms with E-state index in [1.807, 2.05) is 48.5 Å². The van der Waals surface area contributed by atoms with Crippen molar-refractivity contribution in [2.24, 2.45) is 0 Å². The lowest BCUT2D eigenvalue weighted by atomic mass is 10.0. The number of methoxy groups -OCH3 is 1. The molecule has 2 amide bonds. The molecule has 0 atom stereocenters. The van der Waals surface area contributed by atoms with E-state index in [4.69, 9.17) is 11.2 Å². The number of hydrogen-bond acceptors (Lipinski definition) is 3. The number of hydrogen-bond donors (Lipinski definition) is 3. The Labute approximate surface area is 169 Å². The minimum Gasteiger partial charge on any atom is -0.497 e. The van der Waals surface area contributed by atoms with Crippen LogP contribution in [-0.2, 0) is 16.0 Å². The number of aromatic nitrogens is 1. The van der Waals surface area contributed by atoms with Crippen LogP contribution in [0.3, 0.4) is 0 Å². The predicted octanol–water partition coefficient (Wildman–Crippen LogP) is 2.64. The Balaban J connectivity index is 1.75. The molecule has 0 unspecified atom stereocenters. The summed E-state index contributed by atoms with van der Waals surface area (Å²) in [5, 5.41) is 6.23. The van der Waals surface area contributed by atoms with Gasteiger partial charge in [0.2, 0.25) is 11.8 Å². The molecule has 3 N–H and O–H groups in total. The van der Waals surface area contributed by atoms with Gasteiger partial charge in [-0.2, -0.15) is 0 Å². The van der Waals surface area contributed by atoms with E-state index in [-0.39, 0.29) is 31.3 Å². The second kappa shape index (κ2) is 9.47. The fourth-order valence-corrected chi connectivity index (χ4v) is 3.18. The first-order valence-corrected chi connectivity index (χ1v) is 9.33. The van der Waals surface area contributed by atoms with Crippen molar-refractivity contribution >= 4 is 22.7 Å². The Morgan fingerprint density at radius 3 is 2.55 bits per heavy atom. The summed E-state index contributed by atoms with van der Waals surface area (Å²) in [6.07, 6.45) is 5.91. The van der Waals surface area contributed by atoms with E-state index in [9.17, 15) is 9.59 Å². The first-order chi connectivity index (χ1) is 14.1. The van der Waals surface area contributed by atoms with Gasteiger partial charge in [0.25, 0.3) is 0 Å². The summed E-state index contributed by atoms with van der Waals surface area (Å²) >= 11 is 0. The molecular formula is C23H23N3O3. The lowest BCUT2D eigenvalue weighted by molar-refractivity contribution is -0.125. The highest BCUT2D eigenvalue weighted by Gasteiger charge is 2.15. The number of aryl methyl sites for hydroxylation is 1. The van der Waals surface area contributed by atoms with Gasteiger partial charge in [-0.3, -0.25) is 9.59 Å². The lowest BCUT2D eigenvalue weighted by Gasteiger charge is -2.08. The Kier molecular flexibility index (Phi) is 6.54. The highest BCUT2D eigenvalue weighted by molar-refractivity contribution is 5.91. The van der Waals surface area contributed by atoms with Gasteiger partial charge in [-0.05, 0) is 47.9 Å². The van der Waals surface area contributed by atoms with Crippen LogP contribution in [0.5, 0.6) is 5.75 Å². The molecule has 3 rings (SSSR count). The number of H-pyrrole nitrogens is 1. The molecule has 6 nitrogen and oxygen atoms in total. The van der Waals surface area contributed by atoms with Gasteiger partial charge in [0.15, 0.2) is 0 Å². The highest BCUT2D eigenvalue weighted by atomic mass is 16.5. The van der Waals surface area contributed by atoms with Crippen LogP contribution in [0.2, 0.25) is 0 Å². The van der Waals surface area contributed by atoms with E-state index >= 15 is 0 Å². The maximum absolute atomic E-state index is 12.2. The normalized spacial score (nSPS) is 10.3. The molecule has 6 heteroatoms. The van der Waals surface area contributed by atoms with Crippen LogP contribution in [-0.4, -0.2) is 37.0 Å². The number of para-hydroxylation sites is 1. The van der Waals surface area contributed by atoms with Gasteiger partial charge < -0.3 is 20.4 Å². The minimum absolute atomic E-state index is 0.0836. The summed E-state index contributed by atoms with van der Waals surface area (Å²) in [6, 6.07) is 15.8. The molecule has 0 aliphatic rings. The van der Waals surface area contributed by atoms with E-state index in [2.05, 4.69) is 21.5 Å². The quantitative estimate of drug-likeness (QED) is 0.518.